The molecule has 3 aliphatic rings. The Labute approximate surface area is 116 Å². The zero-order valence-corrected chi connectivity index (χ0v) is 11.9. The number of hydrogen-bond donors (Lipinski definition) is 0. The predicted octanol–water partition coefficient (Wildman–Crippen LogP) is 3.94. The molecule has 0 bridgehead atoms. The van der Waals surface area contributed by atoms with Crippen molar-refractivity contribution in [1.29, 1.82) is 0 Å². The first-order chi connectivity index (χ1) is 8.81. The summed E-state index contributed by atoms with van der Waals surface area (Å²) < 4.78 is 11.2. The lowest BCUT2D eigenvalue weighted by atomic mass is 9.94. The van der Waals surface area contributed by atoms with Gasteiger partial charge in [0.2, 0.25) is 0 Å². The van der Waals surface area contributed by atoms with Crippen molar-refractivity contribution < 1.29 is 9.47 Å². The van der Waals surface area contributed by atoms with E-state index in [0.29, 0.717) is 18.0 Å². The van der Waals surface area contributed by atoms with Gasteiger partial charge >= 0.3 is 0 Å². The van der Waals surface area contributed by atoms with Crippen molar-refractivity contribution in [3.63, 3.8) is 0 Å². The van der Waals surface area contributed by atoms with Crippen molar-refractivity contribution in [2.75, 3.05) is 13.2 Å². The highest BCUT2D eigenvalue weighted by atomic mass is 79.9. The maximum absolute atomic E-state index is 5.66. The minimum Gasteiger partial charge on any atom is -0.486 e. The minimum atomic E-state index is 0.473. The van der Waals surface area contributed by atoms with Gasteiger partial charge in [-0.1, -0.05) is 22.0 Å². The topological polar surface area (TPSA) is 18.5 Å². The van der Waals surface area contributed by atoms with Crippen LogP contribution >= 0.6 is 15.9 Å². The summed E-state index contributed by atoms with van der Waals surface area (Å²) in [5.74, 6) is 4.67. The minimum absolute atomic E-state index is 0.473. The normalized spacial score (nSPS) is 33.9. The van der Waals surface area contributed by atoms with E-state index < -0.39 is 0 Å². The Morgan fingerprint density at radius 1 is 1.00 bits per heavy atom. The summed E-state index contributed by atoms with van der Waals surface area (Å²) in [6.07, 6.45) is 4.28. The Morgan fingerprint density at radius 3 is 2.50 bits per heavy atom. The van der Waals surface area contributed by atoms with E-state index in [1.165, 1.54) is 24.8 Å². The Bertz CT molecular complexity index is 464. The second-order valence-electron chi connectivity index (χ2n) is 5.79. The highest BCUT2D eigenvalue weighted by molar-refractivity contribution is 9.09. The molecule has 1 aromatic rings. The number of hydrogen-bond acceptors (Lipinski definition) is 2. The largest absolute Gasteiger partial charge is 0.486 e. The van der Waals surface area contributed by atoms with Crippen molar-refractivity contribution in [3.8, 4) is 11.5 Å². The lowest BCUT2D eigenvalue weighted by Crippen LogP contribution is -2.15. The van der Waals surface area contributed by atoms with E-state index in [-0.39, 0.29) is 0 Å². The molecule has 2 fully saturated rings. The lowest BCUT2D eigenvalue weighted by Gasteiger charge is -2.23. The van der Waals surface area contributed by atoms with Crippen molar-refractivity contribution in [2.24, 2.45) is 17.8 Å². The summed E-state index contributed by atoms with van der Waals surface area (Å²) in [6, 6.07) is 6.38. The molecule has 18 heavy (non-hydrogen) atoms. The zero-order chi connectivity index (χ0) is 12.1. The lowest BCUT2D eigenvalue weighted by molar-refractivity contribution is 0.171. The number of fused-ring (bicyclic) bond motifs is 2. The third-order valence-corrected chi connectivity index (χ3v) is 5.85. The number of benzene rings is 1. The predicted molar refractivity (Wildman–Crippen MR) is 73.4 cm³/mol. The van der Waals surface area contributed by atoms with Gasteiger partial charge in [-0.3, -0.25) is 0 Å². The first-order valence-corrected chi connectivity index (χ1v) is 7.76. The highest BCUT2D eigenvalue weighted by Crippen LogP contribution is 2.58. The number of alkyl halides is 1. The molecule has 3 unspecified atom stereocenters. The second-order valence-corrected chi connectivity index (χ2v) is 6.78. The summed E-state index contributed by atoms with van der Waals surface area (Å²) in [4.78, 5) is 0.473. The van der Waals surface area contributed by atoms with Gasteiger partial charge in [0.25, 0.3) is 0 Å². The van der Waals surface area contributed by atoms with E-state index in [1.807, 2.05) is 6.07 Å². The zero-order valence-electron chi connectivity index (χ0n) is 10.3. The van der Waals surface area contributed by atoms with Gasteiger partial charge in [0.1, 0.15) is 13.2 Å². The van der Waals surface area contributed by atoms with Crippen LogP contribution in [0.3, 0.4) is 0 Å². The maximum Gasteiger partial charge on any atom is 0.161 e. The van der Waals surface area contributed by atoms with Gasteiger partial charge in [-0.25, -0.2) is 0 Å². The first kappa shape index (κ1) is 11.2. The number of ether oxygens (including phenoxy) is 2. The van der Waals surface area contributed by atoms with E-state index in [0.717, 1.165) is 29.3 Å². The van der Waals surface area contributed by atoms with E-state index in [2.05, 4.69) is 28.1 Å². The standard InChI is InChI=1S/C15H17BrO2/c16-15(12-6-10-5-11(10)7-12)9-1-2-13-14(8-9)18-4-3-17-13/h1-2,8,10-12,15H,3-7H2. The molecule has 3 heteroatoms. The quantitative estimate of drug-likeness (QED) is 0.770. The van der Waals surface area contributed by atoms with Crippen LogP contribution in [0, 0.1) is 17.8 Å². The average molecular weight is 309 g/mol. The Balaban J connectivity index is 1.56. The van der Waals surface area contributed by atoms with E-state index in [9.17, 15) is 0 Å². The van der Waals surface area contributed by atoms with Crippen LogP contribution < -0.4 is 9.47 Å². The van der Waals surface area contributed by atoms with Crippen molar-refractivity contribution >= 4 is 15.9 Å². The molecule has 2 saturated carbocycles. The van der Waals surface area contributed by atoms with E-state index in [1.54, 1.807) is 0 Å². The fourth-order valence-corrected chi connectivity index (χ4v) is 4.22. The molecular weight excluding hydrogens is 292 g/mol. The van der Waals surface area contributed by atoms with Gasteiger partial charge in [0, 0.05) is 4.83 Å². The molecule has 2 nitrogen and oxygen atoms in total. The van der Waals surface area contributed by atoms with Gasteiger partial charge < -0.3 is 9.47 Å². The second kappa shape index (κ2) is 4.16. The van der Waals surface area contributed by atoms with Gasteiger partial charge in [0.15, 0.2) is 11.5 Å². The van der Waals surface area contributed by atoms with Crippen molar-refractivity contribution in [1.82, 2.24) is 0 Å². The molecule has 1 aromatic carbocycles. The van der Waals surface area contributed by atoms with Crippen molar-refractivity contribution in [2.45, 2.75) is 24.1 Å². The maximum atomic E-state index is 5.66. The molecule has 1 heterocycles. The molecule has 3 atom stereocenters. The number of halogens is 1. The van der Waals surface area contributed by atoms with Crippen LogP contribution in [0.2, 0.25) is 0 Å². The van der Waals surface area contributed by atoms with Crippen LogP contribution in [-0.4, -0.2) is 13.2 Å². The Kier molecular flexibility index (Phi) is 2.58. The Hall–Kier alpha value is -0.700. The van der Waals surface area contributed by atoms with Crippen molar-refractivity contribution in [3.05, 3.63) is 23.8 Å². The summed E-state index contributed by atoms with van der Waals surface area (Å²) in [5, 5.41) is 0. The van der Waals surface area contributed by atoms with Crippen LogP contribution in [0.25, 0.3) is 0 Å². The summed E-state index contributed by atoms with van der Waals surface area (Å²) in [5.41, 5.74) is 1.34. The van der Waals surface area contributed by atoms with Gasteiger partial charge in [0.05, 0.1) is 0 Å². The molecule has 0 N–H and O–H groups in total. The SMILES string of the molecule is BrC(c1ccc2c(c1)OCCO2)C1CC2CC2C1. The third-order valence-electron chi connectivity index (χ3n) is 4.58. The summed E-state index contributed by atoms with van der Waals surface area (Å²) >= 11 is 3.89. The molecule has 0 amide bonds. The highest BCUT2D eigenvalue weighted by Gasteiger charge is 2.47. The summed E-state index contributed by atoms with van der Waals surface area (Å²) in [7, 11) is 0. The van der Waals surface area contributed by atoms with Crippen LogP contribution in [0.1, 0.15) is 29.7 Å². The van der Waals surface area contributed by atoms with Gasteiger partial charge in [-0.15, -0.1) is 0 Å². The molecule has 2 aliphatic carbocycles. The molecule has 0 spiro atoms. The molecule has 0 radical (unpaired) electrons. The third kappa shape index (κ3) is 1.83. The fraction of sp³-hybridized carbons (Fsp3) is 0.600. The molecule has 0 saturated heterocycles. The van der Waals surface area contributed by atoms with Gasteiger partial charge in [-0.2, -0.15) is 0 Å². The summed E-state index contributed by atoms with van der Waals surface area (Å²) in [6.45, 7) is 1.33. The monoisotopic (exact) mass is 308 g/mol. The molecule has 1 aliphatic heterocycles. The van der Waals surface area contributed by atoms with Crippen LogP contribution in [-0.2, 0) is 0 Å². The average Bonchev–Trinajstić information content (AvgIpc) is 3.04. The molecule has 4 rings (SSSR count). The van der Waals surface area contributed by atoms with Gasteiger partial charge in [-0.05, 0) is 54.7 Å². The van der Waals surface area contributed by atoms with Crippen LogP contribution in [0.5, 0.6) is 11.5 Å². The number of rotatable bonds is 2. The van der Waals surface area contributed by atoms with E-state index >= 15 is 0 Å². The first-order valence-electron chi connectivity index (χ1n) is 6.85. The fourth-order valence-electron chi connectivity index (χ4n) is 3.50. The smallest absolute Gasteiger partial charge is 0.161 e. The molecule has 96 valence electrons. The van der Waals surface area contributed by atoms with Crippen LogP contribution in [0.15, 0.2) is 18.2 Å². The Morgan fingerprint density at radius 2 is 1.72 bits per heavy atom. The molecular formula is C15H17BrO2. The molecule has 0 aromatic heterocycles. The van der Waals surface area contributed by atoms with E-state index in [4.69, 9.17) is 9.47 Å². The van der Waals surface area contributed by atoms with Crippen LogP contribution in [0.4, 0.5) is 0 Å².